The molecule has 0 saturated carbocycles. The minimum Gasteiger partial charge on any atom is -0.491 e. The van der Waals surface area contributed by atoms with Crippen molar-refractivity contribution in [2.75, 3.05) is 13.2 Å². The van der Waals surface area contributed by atoms with Gasteiger partial charge in [0, 0.05) is 12.2 Å². The Morgan fingerprint density at radius 3 is 2.29 bits per heavy atom. The quantitative estimate of drug-likeness (QED) is 0.522. The van der Waals surface area contributed by atoms with Crippen molar-refractivity contribution < 1.29 is 18.3 Å². The zero-order valence-corrected chi connectivity index (χ0v) is 16.9. The van der Waals surface area contributed by atoms with Crippen LogP contribution in [0.1, 0.15) is 52.0 Å². The number of hydrogen-bond donors (Lipinski definition) is 0. The summed E-state index contributed by atoms with van der Waals surface area (Å²) < 4.78 is 39.7. The average Bonchev–Trinajstić information content (AvgIpc) is 2.71. The van der Waals surface area contributed by atoms with Crippen LogP contribution >= 0.6 is 0 Å². The van der Waals surface area contributed by atoms with E-state index in [-0.39, 0.29) is 16.9 Å². The molecule has 1 unspecified atom stereocenters. The monoisotopic (exact) mass is 386 g/mol. The highest BCUT2D eigenvalue weighted by Crippen LogP contribution is 2.36. The van der Waals surface area contributed by atoms with Gasteiger partial charge in [0.25, 0.3) is 0 Å². The van der Waals surface area contributed by atoms with Crippen LogP contribution in [0, 0.1) is 11.6 Å². The van der Waals surface area contributed by atoms with E-state index in [4.69, 9.17) is 9.47 Å². The van der Waals surface area contributed by atoms with Gasteiger partial charge in [-0.1, -0.05) is 37.3 Å². The van der Waals surface area contributed by atoms with Crippen LogP contribution < -0.4 is 4.74 Å². The van der Waals surface area contributed by atoms with Crippen molar-refractivity contribution in [2.45, 2.75) is 52.1 Å². The van der Waals surface area contributed by atoms with Crippen molar-refractivity contribution in [1.82, 2.24) is 0 Å². The summed E-state index contributed by atoms with van der Waals surface area (Å²) in [6, 6.07) is 10.7. The molecule has 0 amide bonds. The molecule has 1 aliphatic rings. The zero-order chi connectivity index (χ0) is 20.1. The SMILES string of the molecule is CCCOC1(C)CC=C(c2ccc(-c3ccc(OCC)c(F)c3F)cc2)CC1. The first-order valence-corrected chi connectivity index (χ1v) is 10.0. The third-order valence-corrected chi connectivity index (χ3v) is 5.27. The van der Waals surface area contributed by atoms with Gasteiger partial charge in [-0.3, -0.25) is 0 Å². The predicted octanol–water partition coefficient (Wildman–Crippen LogP) is 6.78. The second-order valence-electron chi connectivity index (χ2n) is 7.48. The van der Waals surface area contributed by atoms with Crippen molar-refractivity contribution in [1.29, 1.82) is 0 Å². The lowest BCUT2D eigenvalue weighted by Crippen LogP contribution is -2.30. The maximum atomic E-state index is 14.4. The highest BCUT2D eigenvalue weighted by molar-refractivity contribution is 5.71. The van der Waals surface area contributed by atoms with E-state index < -0.39 is 11.6 Å². The first-order chi connectivity index (χ1) is 13.5. The van der Waals surface area contributed by atoms with Gasteiger partial charge in [0.1, 0.15) is 0 Å². The normalized spacial score (nSPS) is 19.4. The molecule has 0 N–H and O–H groups in total. The molecule has 3 rings (SSSR count). The molecule has 1 atom stereocenters. The average molecular weight is 386 g/mol. The molecule has 2 nitrogen and oxygen atoms in total. The molecule has 28 heavy (non-hydrogen) atoms. The summed E-state index contributed by atoms with van der Waals surface area (Å²) in [5, 5.41) is 0. The second kappa shape index (κ2) is 8.87. The molecule has 4 heteroatoms. The van der Waals surface area contributed by atoms with Gasteiger partial charge in [0.2, 0.25) is 5.82 Å². The Balaban J connectivity index is 1.77. The Kier molecular flexibility index (Phi) is 6.50. The highest BCUT2D eigenvalue weighted by atomic mass is 19.2. The number of ether oxygens (including phenoxy) is 2. The molecular weight excluding hydrogens is 358 g/mol. The highest BCUT2D eigenvalue weighted by Gasteiger charge is 2.27. The third-order valence-electron chi connectivity index (χ3n) is 5.27. The van der Waals surface area contributed by atoms with Crippen molar-refractivity contribution in [3.05, 3.63) is 59.7 Å². The Labute approximate surface area is 166 Å². The fraction of sp³-hybridized carbons (Fsp3) is 0.417. The summed E-state index contributed by atoms with van der Waals surface area (Å²) in [6.07, 6.45) is 6.09. The Bertz CT molecular complexity index is 842. The van der Waals surface area contributed by atoms with E-state index in [2.05, 4.69) is 19.9 Å². The summed E-state index contributed by atoms with van der Waals surface area (Å²) in [5.74, 6) is -1.87. The molecule has 0 fully saturated rings. The van der Waals surface area contributed by atoms with Crippen LogP contribution in [0.3, 0.4) is 0 Å². The van der Waals surface area contributed by atoms with Crippen LogP contribution in [0.25, 0.3) is 16.7 Å². The van der Waals surface area contributed by atoms with Gasteiger partial charge in [-0.2, -0.15) is 4.39 Å². The lowest BCUT2D eigenvalue weighted by atomic mass is 9.84. The third kappa shape index (κ3) is 4.44. The zero-order valence-electron chi connectivity index (χ0n) is 16.9. The van der Waals surface area contributed by atoms with E-state index in [1.165, 1.54) is 11.6 Å². The molecule has 0 spiro atoms. The van der Waals surface area contributed by atoms with E-state index in [1.54, 1.807) is 13.0 Å². The molecule has 0 bridgehead atoms. The molecule has 0 aliphatic heterocycles. The summed E-state index contributed by atoms with van der Waals surface area (Å²) in [5.41, 5.74) is 3.21. The minimum absolute atomic E-state index is 0.0546. The standard InChI is InChI=1S/C24H28F2O2/c1-4-16-28-24(3)14-12-18(13-15-24)17-6-8-19(9-7-17)20-10-11-21(27-5-2)23(26)22(20)25/h6-12H,4-5,13-16H2,1-3H3. The molecule has 2 aromatic carbocycles. The van der Waals surface area contributed by atoms with Gasteiger partial charge in [0.05, 0.1) is 12.2 Å². The van der Waals surface area contributed by atoms with Gasteiger partial charge in [-0.15, -0.1) is 0 Å². The maximum absolute atomic E-state index is 14.4. The van der Waals surface area contributed by atoms with E-state index in [1.807, 2.05) is 24.3 Å². The van der Waals surface area contributed by atoms with Crippen LogP contribution in [-0.4, -0.2) is 18.8 Å². The second-order valence-corrected chi connectivity index (χ2v) is 7.48. The molecule has 0 radical (unpaired) electrons. The first kappa shape index (κ1) is 20.5. The van der Waals surface area contributed by atoms with Crippen LogP contribution in [0.4, 0.5) is 8.78 Å². The van der Waals surface area contributed by atoms with Crippen LogP contribution in [-0.2, 0) is 4.74 Å². The first-order valence-electron chi connectivity index (χ1n) is 10.0. The number of halogens is 2. The minimum atomic E-state index is -0.940. The van der Waals surface area contributed by atoms with Crippen molar-refractivity contribution in [2.24, 2.45) is 0 Å². The Morgan fingerprint density at radius 1 is 0.964 bits per heavy atom. The fourth-order valence-corrected chi connectivity index (χ4v) is 3.57. The summed E-state index contributed by atoms with van der Waals surface area (Å²) in [7, 11) is 0. The molecule has 0 aromatic heterocycles. The van der Waals surface area contributed by atoms with Crippen molar-refractivity contribution >= 4 is 5.57 Å². The van der Waals surface area contributed by atoms with Crippen LogP contribution in [0.2, 0.25) is 0 Å². The topological polar surface area (TPSA) is 18.5 Å². The summed E-state index contributed by atoms with van der Waals surface area (Å²) in [4.78, 5) is 0. The van der Waals surface area contributed by atoms with E-state index in [9.17, 15) is 8.78 Å². The van der Waals surface area contributed by atoms with Gasteiger partial charge in [-0.25, -0.2) is 4.39 Å². The fourth-order valence-electron chi connectivity index (χ4n) is 3.57. The molecule has 150 valence electrons. The predicted molar refractivity (Wildman–Crippen MR) is 109 cm³/mol. The molecule has 2 aromatic rings. The van der Waals surface area contributed by atoms with Gasteiger partial charge < -0.3 is 9.47 Å². The summed E-state index contributed by atoms with van der Waals surface area (Å²) in [6.45, 7) is 7.11. The molecule has 0 heterocycles. The van der Waals surface area contributed by atoms with E-state index >= 15 is 0 Å². The smallest absolute Gasteiger partial charge is 0.201 e. The van der Waals surface area contributed by atoms with E-state index in [0.29, 0.717) is 12.2 Å². The molecule has 1 aliphatic carbocycles. The molecular formula is C24H28F2O2. The van der Waals surface area contributed by atoms with Gasteiger partial charge >= 0.3 is 0 Å². The van der Waals surface area contributed by atoms with Gasteiger partial charge in [-0.05, 0) is 68.4 Å². The van der Waals surface area contributed by atoms with Crippen molar-refractivity contribution in [3.63, 3.8) is 0 Å². The Morgan fingerprint density at radius 2 is 1.68 bits per heavy atom. The Hall–Kier alpha value is -2.20. The lowest BCUT2D eigenvalue weighted by molar-refractivity contribution is -0.0363. The van der Waals surface area contributed by atoms with Crippen LogP contribution in [0.15, 0.2) is 42.5 Å². The maximum Gasteiger partial charge on any atom is 0.201 e. The van der Waals surface area contributed by atoms with Crippen molar-refractivity contribution in [3.8, 4) is 16.9 Å². The number of allylic oxidation sites excluding steroid dienone is 1. The van der Waals surface area contributed by atoms with Crippen LogP contribution in [0.5, 0.6) is 5.75 Å². The largest absolute Gasteiger partial charge is 0.491 e. The van der Waals surface area contributed by atoms with E-state index in [0.717, 1.165) is 37.9 Å². The lowest BCUT2D eigenvalue weighted by Gasteiger charge is -2.33. The summed E-state index contributed by atoms with van der Waals surface area (Å²) >= 11 is 0. The van der Waals surface area contributed by atoms with Gasteiger partial charge in [0.15, 0.2) is 11.6 Å². The number of rotatable bonds is 7. The number of benzene rings is 2. The molecule has 0 saturated heterocycles. The number of hydrogen-bond acceptors (Lipinski definition) is 2.